The van der Waals surface area contributed by atoms with Crippen molar-refractivity contribution in [3.05, 3.63) is 106 Å². The Kier molecular flexibility index (Phi) is 8.23. The minimum atomic E-state index is -0.187. The lowest BCUT2D eigenvalue weighted by Gasteiger charge is -2.41. The average molecular weight is 520 g/mol. The molecule has 0 bridgehead atoms. The van der Waals surface area contributed by atoms with E-state index in [1.54, 1.807) is 13.0 Å². The maximum Gasteiger partial charge on any atom is 0.227 e. The molecule has 2 aliphatic rings. The van der Waals surface area contributed by atoms with Gasteiger partial charge in [-0.15, -0.1) is 0 Å². The number of amides is 1. The van der Waals surface area contributed by atoms with Gasteiger partial charge in [-0.1, -0.05) is 72.3 Å². The summed E-state index contributed by atoms with van der Waals surface area (Å²) in [5.41, 5.74) is 4.13. The van der Waals surface area contributed by atoms with Crippen molar-refractivity contribution in [2.45, 2.75) is 32.4 Å². The standard InChI is InChI=1S/C31H35ClFN3O/c1-23-17-25(11-12-30(23)33)27-18-28(22-35(21-27)20-26-9-5-6-10-29(26)32)31(37)36-15-13-34(14-16-36)19-24-7-3-2-4-8-24/h2-12,17,27-28H,13-16,18-22H2,1H3/t27-,28+/m0/s1. The zero-order chi connectivity index (χ0) is 25.8. The molecule has 1 amide bonds. The Bertz CT molecular complexity index is 1210. The fraction of sp³-hybridized carbons (Fsp3) is 0.387. The predicted molar refractivity (Wildman–Crippen MR) is 147 cm³/mol. The molecule has 2 heterocycles. The Balaban J connectivity index is 1.28. The molecule has 3 aromatic rings. The lowest BCUT2D eigenvalue weighted by atomic mass is 9.83. The average Bonchev–Trinajstić information content (AvgIpc) is 2.92. The molecule has 0 aliphatic carbocycles. The number of aryl methyl sites for hydroxylation is 1. The fourth-order valence-corrected chi connectivity index (χ4v) is 5.95. The molecule has 4 nitrogen and oxygen atoms in total. The first-order chi connectivity index (χ1) is 18.0. The molecule has 6 heteroatoms. The van der Waals surface area contributed by atoms with Crippen molar-refractivity contribution >= 4 is 17.5 Å². The van der Waals surface area contributed by atoms with Gasteiger partial charge in [0.25, 0.3) is 0 Å². The maximum absolute atomic E-state index is 14.0. The van der Waals surface area contributed by atoms with Crippen molar-refractivity contribution in [3.8, 4) is 0 Å². The second-order valence-electron chi connectivity index (χ2n) is 10.5. The van der Waals surface area contributed by atoms with Gasteiger partial charge in [0.05, 0.1) is 5.92 Å². The first kappa shape index (κ1) is 25.9. The van der Waals surface area contributed by atoms with E-state index in [-0.39, 0.29) is 23.6 Å². The van der Waals surface area contributed by atoms with E-state index in [9.17, 15) is 9.18 Å². The number of carbonyl (C=O) groups excluding carboxylic acids is 1. The summed E-state index contributed by atoms with van der Waals surface area (Å²) in [7, 11) is 0. The first-order valence-corrected chi connectivity index (χ1v) is 13.6. The van der Waals surface area contributed by atoms with Crippen molar-refractivity contribution in [1.82, 2.24) is 14.7 Å². The van der Waals surface area contributed by atoms with Crippen LogP contribution in [0.3, 0.4) is 0 Å². The van der Waals surface area contributed by atoms with Gasteiger partial charge in [0.15, 0.2) is 0 Å². The number of nitrogens with zero attached hydrogens (tertiary/aromatic N) is 3. The van der Waals surface area contributed by atoms with Crippen molar-refractivity contribution in [2.75, 3.05) is 39.3 Å². The van der Waals surface area contributed by atoms with Crippen molar-refractivity contribution in [3.63, 3.8) is 0 Å². The largest absolute Gasteiger partial charge is 0.340 e. The smallest absolute Gasteiger partial charge is 0.227 e. The van der Waals surface area contributed by atoms with Gasteiger partial charge in [0.1, 0.15) is 5.82 Å². The van der Waals surface area contributed by atoms with Crippen LogP contribution in [0, 0.1) is 18.7 Å². The Hall–Kier alpha value is -2.73. The molecule has 0 unspecified atom stereocenters. The van der Waals surface area contributed by atoms with Crippen molar-refractivity contribution in [1.29, 1.82) is 0 Å². The molecule has 0 radical (unpaired) electrons. The number of benzene rings is 3. The Morgan fingerprint density at radius 1 is 0.892 bits per heavy atom. The van der Waals surface area contributed by atoms with Crippen LogP contribution in [0.5, 0.6) is 0 Å². The normalized spacial score (nSPS) is 21.2. The number of likely N-dealkylation sites (tertiary alicyclic amines) is 1. The van der Waals surface area contributed by atoms with Gasteiger partial charge < -0.3 is 4.90 Å². The van der Waals surface area contributed by atoms with E-state index in [0.717, 1.165) is 61.8 Å². The van der Waals surface area contributed by atoms with Gasteiger partial charge in [-0.2, -0.15) is 0 Å². The molecule has 0 spiro atoms. The Morgan fingerprint density at radius 2 is 1.62 bits per heavy atom. The molecule has 5 rings (SSSR count). The molecule has 194 valence electrons. The number of hydrogen-bond acceptors (Lipinski definition) is 3. The molecule has 2 aliphatic heterocycles. The number of halogens is 2. The van der Waals surface area contributed by atoms with Gasteiger partial charge in [-0.25, -0.2) is 4.39 Å². The molecule has 3 aromatic carbocycles. The monoisotopic (exact) mass is 519 g/mol. The van der Waals surface area contributed by atoms with E-state index < -0.39 is 0 Å². The highest BCUT2D eigenvalue weighted by Crippen LogP contribution is 2.34. The van der Waals surface area contributed by atoms with E-state index in [1.165, 1.54) is 5.56 Å². The van der Waals surface area contributed by atoms with E-state index in [4.69, 9.17) is 11.6 Å². The van der Waals surface area contributed by atoms with Crippen LogP contribution in [0.1, 0.15) is 34.6 Å². The quantitative estimate of drug-likeness (QED) is 0.415. The number of piperidine rings is 1. The molecule has 2 fully saturated rings. The summed E-state index contributed by atoms with van der Waals surface area (Å²) in [4.78, 5) is 20.6. The van der Waals surface area contributed by atoms with Gasteiger partial charge >= 0.3 is 0 Å². The van der Waals surface area contributed by atoms with Crippen molar-refractivity contribution in [2.24, 2.45) is 5.92 Å². The summed E-state index contributed by atoms with van der Waals surface area (Å²) >= 11 is 6.48. The third kappa shape index (κ3) is 6.40. The highest BCUT2D eigenvalue weighted by Gasteiger charge is 2.35. The molecule has 0 saturated carbocycles. The van der Waals surface area contributed by atoms with Crippen LogP contribution in [0.2, 0.25) is 5.02 Å². The summed E-state index contributed by atoms with van der Waals surface area (Å²) < 4.78 is 14.0. The molecular formula is C31H35ClFN3O. The third-order valence-corrected chi connectivity index (χ3v) is 8.18. The summed E-state index contributed by atoms with van der Waals surface area (Å²) in [6, 6.07) is 23.8. The van der Waals surface area contributed by atoms with Gasteiger partial charge in [0, 0.05) is 57.4 Å². The van der Waals surface area contributed by atoms with Crippen LogP contribution in [0.25, 0.3) is 0 Å². The van der Waals surface area contributed by atoms with Crippen LogP contribution in [0.15, 0.2) is 72.8 Å². The summed E-state index contributed by atoms with van der Waals surface area (Å²) in [6.07, 6.45) is 0.785. The number of hydrogen-bond donors (Lipinski definition) is 0. The summed E-state index contributed by atoms with van der Waals surface area (Å²) in [5.74, 6) is 0.136. The van der Waals surface area contributed by atoms with Crippen LogP contribution in [-0.4, -0.2) is 59.9 Å². The van der Waals surface area contributed by atoms with Gasteiger partial charge in [-0.05, 0) is 53.6 Å². The molecule has 2 saturated heterocycles. The minimum Gasteiger partial charge on any atom is -0.340 e. The SMILES string of the molecule is Cc1cc([C@H]2C[C@@H](C(=O)N3CCN(Cc4ccccc4)CC3)CN(Cc3ccccc3Cl)C2)ccc1F. The second kappa shape index (κ2) is 11.8. The van der Waals surface area contributed by atoms with Gasteiger partial charge in [0.2, 0.25) is 5.91 Å². The summed E-state index contributed by atoms with van der Waals surface area (Å²) in [6.45, 7) is 8.25. The topological polar surface area (TPSA) is 26.8 Å². The summed E-state index contributed by atoms with van der Waals surface area (Å²) in [5, 5.41) is 0.750. The minimum absolute atomic E-state index is 0.0905. The maximum atomic E-state index is 14.0. The second-order valence-corrected chi connectivity index (χ2v) is 10.9. The fourth-order valence-electron chi connectivity index (χ4n) is 5.76. The zero-order valence-electron chi connectivity index (χ0n) is 21.5. The van der Waals surface area contributed by atoms with Crippen LogP contribution >= 0.6 is 11.6 Å². The first-order valence-electron chi connectivity index (χ1n) is 13.2. The highest BCUT2D eigenvalue weighted by atomic mass is 35.5. The van der Waals surface area contributed by atoms with E-state index in [0.29, 0.717) is 18.7 Å². The number of piperazine rings is 1. The molecular weight excluding hydrogens is 485 g/mol. The highest BCUT2D eigenvalue weighted by molar-refractivity contribution is 6.31. The third-order valence-electron chi connectivity index (χ3n) is 7.81. The number of rotatable bonds is 6. The number of carbonyl (C=O) groups is 1. The lowest BCUT2D eigenvalue weighted by Crippen LogP contribution is -2.53. The van der Waals surface area contributed by atoms with E-state index >= 15 is 0 Å². The predicted octanol–water partition coefficient (Wildman–Crippen LogP) is 5.74. The van der Waals surface area contributed by atoms with Crippen molar-refractivity contribution < 1.29 is 9.18 Å². The van der Waals surface area contributed by atoms with E-state index in [2.05, 4.69) is 45.0 Å². The van der Waals surface area contributed by atoms with Crippen LogP contribution in [0.4, 0.5) is 4.39 Å². The van der Waals surface area contributed by atoms with Crippen LogP contribution < -0.4 is 0 Å². The molecule has 0 N–H and O–H groups in total. The van der Waals surface area contributed by atoms with Crippen LogP contribution in [-0.2, 0) is 17.9 Å². The zero-order valence-corrected chi connectivity index (χ0v) is 22.2. The lowest BCUT2D eigenvalue weighted by molar-refractivity contribution is -0.139. The Morgan fingerprint density at radius 3 is 2.35 bits per heavy atom. The molecule has 0 aromatic heterocycles. The molecule has 2 atom stereocenters. The van der Waals surface area contributed by atoms with Gasteiger partial charge in [-0.3, -0.25) is 14.6 Å². The Labute approximate surface area is 224 Å². The van der Waals surface area contributed by atoms with E-state index in [1.807, 2.05) is 36.4 Å². The molecule has 37 heavy (non-hydrogen) atoms.